The monoisotopic (exact) mass is 449 g/mol. The van der Waals surface area contributed by atoms with E-state index >= 15 is 0 Å². The van der Waals surface area contributed by atoms with Gasteiger partial charge in [-0.15, -0.1) is 0 Å². The van der Waals surface area contributed by atoms with Crippen molar-refractivity contribution in [1.29, 1.82) is 5.26 Å². The Morgan fingerprint density at radius 1 is 0.941 bits per heavy atom. The number of nitrogens with zero attached hydrogens (tertiary/aromatic N) is 2. The lowest BCUT2D eigenvalue weighted by molar-refractivity contribution is -0.137. The lowest BCUT2D eigenvalue weighted by Gasteiger charge is -2.10. The van der Waals surface area contributed by atoms with Crippen LogP contribution in [0.25, 0.3) is 17.0 Å². The smallest absolute Gasteiger partial charge is 0.323 e. The fraction of sp³-hybridized carbons (Fsp3) is 0.0370. The number of ketones is 1. The van der Waals surface area contributed by atoms with Crippen LogP contribution in [0.3, 0.4) is 0 Å². The molecule has 4 rings (SSSR count). The first-order valence-corrected chi connectivity index (χ1v) is 10.4. The number of fused-ring (bicyclic) bond motifs is 1. The number of aromatic nitrogens is 1. The number of anilines is 1. The van der Waals surface area contributed by atoms with E-state index in [0.717, 1.165) is 0 Å². The number of benzene rings is 3. The fourth-order valence-electron chi connectivity index (χ4n) is 3.70. The molecule has 1 amide bonds. The molecule has 166 valence electrons. The van der Waals surface area contributed by atoms with Gasteiger partial charge in [-0.05, 0) is 24.3 Å². The molecule has 0 unspecified atom stereocenters. The first-order chi connectivity index (χ1) is 16.5. The number of hydrogen-bond acceptors (Lipinski definition) is 4. The molecule has 3 aromatic carbocycles. The van der Waals surface area contributed by atoms with Crippen molar-refractivity contribution in [3.8, 4) is 6.07 Å². The van der Waals surface area contributed by atoms with Crippen LogP contribution in [0.2, 0.25) is 0 Å². The Hall–Kier alpha value is -4.96. The summed E-state index contributed by atoms with van der Waals surface area (Å²) in [7, 11) is 0. The van der Waals surface area contributed by atoms with Crippen molar-refractivity contribution in [2.75, 3.05) is 5.32 Å². The third-order valence-electron chi connectivity index (χ3n) is 5.25. The predicted molar refractivity (Wildman–Crippen MR) is 128 cm³/mol. The van der Waals surface area contributed by atoms with Crippen molar-refractivity contribution in [2.45, 2.75) is 6.54 Å². The van der Waals surface area contributed by atoms with Gasteiger partial charge in [0.2, 0.25) is 0 Å². The summed E-state index contributed by atoms with van der Waals surface area (Å²) < 4.78 is 1.55. The topological polar surface area (TPSA) is 112 Å². The minimum absolute atomic E-state index is 0.180. The lowest BCUT2D eigenvalue weighted by atomic mass is 10.0. The molecule has 1 heterocycles. The summed E-state index contributed by atoms with van der Waals surface area (Å²) >= 11 is 0. The van der Waals surface area contributed by atoms with E-state index < -0.39 is 11.9 Å². The van der Waals surface area contributed by atoms with Crippen LogP contribution < -0.4 is 5.32 Å². The van der Waals surface area contributed by atoms with Crippen LogP contribution in [0, 0.1) is 11.3 Å². The Labute approximate surface area is 195 Å². The predicted octanol–water partition coefficient (Wildman–Crippen LogP) is 4.50. The maximum Gasteiger partial charge on any atom is 0.323 e. The Kier molecular flexibility index (Phi) is 6.33. The van der Waals surface area contributed by atoms with Gasteiger partial charge in [0.15, 0.2) is 5.78 Å². The van der Waals surface area contributed by atoms with Gasteiger partial charge >= 0.3 is 5.97 Å². The summed E-state index contributed by atoms with van der Waals surface area (Å²) in [6.45, 7) is -0.253. The molecular formula is C27H19N3O4. The summed E-state index contributed by atoms with van der Waals surface area (Å²) in [6.07, 6.45) is 3.01. The van der Waals surface area contributed by atoms with Crippen molar-refractivity contribution >= 4 is 40.3 Å². The van der Waals surface area contributed by atoms with Crippen LogP contribution in [-0.4, -0.2) is 27.3 Å². The quantitative estimate of drug-likeness (QED) is 0.245. The Bertz CT molecular complexity index is 1480. The number of para-hydroxylation sites is 2. The Morgan fingerprint density at radius 3 is 2.35 bits per heavy atom. The molecule has 0 aliphatic rings. The van der Waals surface area contributed by atoms with E-state index in [0.29, 0.717) is 27.6 Å². The van der Waals surface area contributed by atoms with E-state index in [2.05, 4.69) is 5.32 Å². The zero-order chi connectivity index (χ0) is 24.1. The number of carbonyl (C=O) groups is 3. The molecule has 7 heteroatoms. The number of carboxylic acid groups (broad SMARTS) is 1. The number of nitriles is 1. The van der Waals surface area contributed by atoms with Crippen LogP contribution in [0.4, 0.5) is 5.69 Å². The largest absolute Gasteiger partial charge is 0.480 e. The standard InChI is InChI=1S/C27H19N3O4/c28-15-19(14-20-16-30(17-25(31)32)24-13-7-5-10-21(20)24)27(34)29-23-12-6-4-11-22(23)26(33)18-8-2-1-3-9-18/h1-14,16H,17H2,(H,29,34)(H,31,32)/b19-14+. The maximum atomic E-state index is 13.0. The third-order valence-corrected chi connectivity index (χ3v) is 5.25. The summed E-state index contributed by atoms with van der Waals surface area (Å²) in [5.41, 5.74) is 2.10. The molecule has 0 aliphatic heterocycles. The minimum Gasteiger partial charge on any atom is -0.480 e. The normalized spacial score (nSPS) is 11.1. The second-order valence-electron chi connectivity index (χ2n) is 7.49. The van der Waals surface area contributed by atoms with Gasteiger partial charge in [-0.3, -0.25) is 14.4 Å². The number of hydrogen-bond donors (Lipinski definition) is 2. The molecule has 7 nitrogen and oxygen atoms in total. The molecule has 0 fully saturated rings. The van der Waals surface area contributed by atoms with Gasteiger partial charge in [0.1, 0.15) is 18.2 Å². The van der Waals surface area contributed by atoms with Crippen molar-refractivity contribution < 1.29 is 19.5 Å². The number of aliphatic carboxylic acids is 1. The van der Waals surface area contributed by atoms with E-state index in [9.17, 15) is 24.8 Å². The maximum absolute atomic E-state index is 13.0. The summed E-state index contributed by atoms with van der Waals surface area (Å²) in [5, 5.41) is 22.2. The summed E-state index contributed by atoms with van der Waals surface area (Å²) in [5.74, 6) is -1.93. The average molecular weight is 449 g/mol. The molecule has 0 atom stereocenters. The van der Waals surface area contributed by atoms with E-state index in [1.807, 2.05) is 12.1 Å². The highest BCUT2D eigenvalue weighted by molar-refractivity contribution is 6.17. The molecule has 0 saturated heterocycles. The second-order valence-corrected chi connectivity index (χ2v) is 7.49. The number of nitrogens with one attached hydrogen (secondary N) is 1. The average Bonchev–Trinajstić information content (AvgIpc) is 3.19. The van der Waals surface area contributed by atoms with Crippen molar-refractivity contribution in [3.05, 3.63) is 107 Å². The molecular weight excluding hydrogens is 430 g/mol. The Balaban J connectivity index is 1.67. The molecule has 0 saturated carbocycles. The van der Waals surface area contributed by atoms with Gasteiger partial charge in [0.25, 0.3) is 5.91 Å². The summed E-state index contributed by atoms with van der Waals surface area (Å²) in [4.78, 5) is 37.1. The van der Waals surface area contributed by atoms with E-state index in [-0.39, 0.29) is 23.6 Å². The minimum atomic E-state index is -1.01. The second kappa shape index (κ2) is 9.67. The third kappa shape index (κ3) is 4.61. The molecule has 4 aromatic rings. The zero-order valence-corrected chi connectivity index (χ0v) is 17.9. The van der Waals surface area contributed by atoms with Crippen LogP contribution in [0.5, 0.6) is 0 Å². The van der Waals surface area contributed by atoms with Gasteiger partial charge in [-0.1, -0.05) is 60.7 Å². The van der Waals surface area contributed by atoms with E-state index in [1.165, 1.54) is 6.08 Å². The van der Waals surface area contributed by atoms with Gasteiger partial charge in [0, 0.05) is 33.8 Å². The molecule has 0 bridgehead atoms. The zero-order valence-electron chi connectivity index (χ0n) is 17.9. The first kappa shape index (κ1) is 22.2. The number of carbonyl (C=O) groups excluding carboxylic acids is 2. The molecule has 2 N–H and O–H groups in total. The van der Waals surface area contributed by atoms with Gasteiger partial charge in [-0.25, -0.2) is 0 Å². The van der Waals surface area contributed by atoms with Crippen molar-refractivity contribution in [2.24, 2.45) is 0 Å². The number of carboxylic acids is 1. The summed E-state index contributed by atoms with van der Waals surface area (Å²) in [6, 6.07) is 24.3. The Morgan fingerprint density at radius 2 is 1.62 bits per heavy atom. The van der Waals surface area contributed by atoms with Gasteiger partial charge in [0.05, 0.1) is 5.69 Å². The van der Waals surface area contributed by atoms with Crippen LogP contribution >= 0.6 is 0 Å². The highest BCUT2D eigenvalue weighted by atomic mass is 16.4. The fourth-order valence-corrected chi connectivity index (χ4v) is 3.70. The van der Waals surface area contributed by atoms with E-state index in [1.54, 1.807) is 83.6 Å². The van der Waals surface area contributed by atoms with E-state index in [4.69, 9.17) is 0 Å². The first-order valence-electron chi connectivity index (χ1n) is 10.4. The lowest BCUT2D eigenvalue weighted by Crippen LogP contribution is -2.16. The SMILES string of the molecule is N#C/C(=C\c1cn(CC(=O)O)c2ccccc12)C(=O)Nc1ccccc1C(=O)c1ccccc1. The van der Waals surface area contributed by atoms with Crippen LogP contribution in [0.15, 0.2) is 90.6 Å². The van der Waals surface area contributed by atoms with Crippen molar-refractivity contribution in [3.63, 3.8) is 0 Å². The van der Waals surface area contributed by atoms with Crippen molar-refractivity contribution in [1.82, 2.24) is 4.57 Å². The molecule has 34 heavy (non-hydrogen) atoms. The highest BCUT2D eigenvalue weighted by Crippen LogP contribution is 2.25. The van der Waals surface area contributed by atoms with Gasteiger partial charge < -0.3 is 15.0 Å². The van der Waals surface area contributed by atoms with Crippen LogP contribution in [-0.2, 0) is 16.1 Å². The van der Waals surface area contributed by atoms with Crippen LogP contribution in [0.1, 0.15) is 21.5 Å². The number of rotatable bonds is 7. The number of amides is 1. The molecule has 0 spiro atoms. The van der Waals surface area contributed by atoms with Gasteiger partial charge in [-0.2, -0.15) is 5.26 Å². The highest BCUT2D eigenvalue weighted by Gasteiger charge is 2.18. The molecule has 0 radical (unpaired) electrons. The molecule has 1 aromatic heterocycles. The molecule has 0 aliphatic carbocycles.